The first-order chi connectivity index (χ1) is 7.32. The number of nitrogens with one attached hydrogen (secondary N) is 2. The summed E-state index contributed by atoms with van der Waals surface area (Å²) in [6.07, 6.45) is 0. The van der Waals surface area contributed by atoms with Gasteiger partial charge in [0.15, 0.2) is 0 Å². The molecule has 0 aliphatic heterocycles. The third kappa shape index (κ3) is 7.65. The van der Waals surface area contributed by atoms with Gasteiger partial charge in [-0.15, -0.1) is 0 Å². The lowest BCUT2D eigenvalue weighted by molar-refractivity contribution is -0.120. The van der Waals surface area contributed by atoms with Crippen LogP contribution in [0.3, 0.4) is 0 Å². The summed E-state index contributed by atoms with van der Waals surface area (Å²) in [6, 6.07) is 0.563. The molecule has 0 aromatic heterocycles. The third-order valence-corrected chi connectivity index (χ3v) is 2.34. The Labute approximate surface area is 99.8 Å². The topological polar surface area (TPSA) is 44.4 Å². The van der Waals surface area contributed by atoms with Crippen LogP contribution in [-0.2, 0) is 4.79 Å². The molecule has 1 unspecified atom stereocenters. The van der Waals surface area contributed by atoms with E-state index in [0.29, 0.717) is 18.5 Å². The normalized spacial score (nSPS) is 13.6. The minimum absolute atomic E-state index is 0.0689. The van der Waals surface area contributed by atoms with Crippen molar-refractivity contribution >= 4 is 5.91 Å². The highest BCUT2D eigenvalue weighted by molar-refractivity contribution is 5.78. The fraction of sp³-hybridized carbons (Fsp3) is 0.917. The van der Waals surface area contributed by atoms with Gasteiger partial charge < -0.3 is 15.5 Å². The predicted octanol–water partition coefficient (Wildman–Crippen LogP) is 0.687. The summed E-state index contributed by atoms with van der Waals surface area (Å²) < 4.78 is 0. The van der Waals surface area contributed by atoms with Gasteiger partial charge in [0.05, 0.1) is 6.54 Å². The highest BCUT2D eigenvalue weighted by Gasteiger charge is 2.15. The molecule has 4 heteroatoms. The Morgan fingerprint density at radius 2 is 1.75 bits per heavy atom. The molecule has 2 N–H and O–H groups in total. The lowest BCUT2D eigenvalue weighted by Crippen LogP contribution is -2.47. The van der Waals surface area contributed by atoms with Gasteiger partial charge in [-0.3, -0.25) is 4.79 Å². The smallest absolute Gasteiger partial charge is 0.234 e. The standard InChI is InChI=1S/C12H27N3O/c1-9(2)11(8-15(5)6)13-7-12(16)14-10(3)4/h9-11,13H,7-8H2,1-6H3,(H,14,16). The molecule has 0 fully saturated rings. The lowest BCUT2D eigenvalue weighted by atomic mass is 10.0. The third-order valence-electron chi connectivity index (χ3n) is 2.34. The summed E-state index contributed by atoms with van der Waals surface area (Å²) in [4.78, 5) is 13.6. The second kappa shape index (κ2) is 7.63. The molecule has 0 saturated heterocycles. The number of rotatable bonds is 7. The van der Waals surface area contributed by atoms with E-state index in [1.165, 1.54) is 0 Å². The second-order valence-electron chi connectivity index (χ2n) is 5.22. The van der Waals surface area contributed by atoms with Crippen molar-refractivity contribution in [1.29, 1.82) is 0 Å². The van der Waals surface area contributed by atoms with E-state index >= 15 is 0 Å². The summed E-state index contributed by atoms with van der Waals surface area (Å²) in [5.74, 6) is 0.591. The maximum absolute atomic E-state index is 11.5. The number of hydrogen-bond acceptors (Lipinski definition) is 3. The van der Waals surface area contributed by atoms with Gasteiger partial charge in [0.25, 0.3) is 0 Å². The van der Waals surface area contributed by atoms with Gasteiger partial charge in [-0.2, -0.15) is 0 Å². The molecule has 0 aromatic carbocycles. The summed E-state index contributed by atoms with van der Waals surface area (Å²) in [5, 5.41) is 6.18. The Balaban J connectivity index is 3.97. The SMILES string of the molecule is CC(C)NC(=O)CNC(CN(C)C)C(C)C. The molecule has 4 nitrogen and oxygen atoms in total. The van der Waals surface area contributed by atoms with E-state index in [4.69, 9.17) is 0 Å². The zero-order valence-corrected chi connectivity index (χ0v) is 11.5. The quantitative estimate of drug-likeness (QED) is 0.675. The van der Waals surface area contributed by atoms with E-state index in [2.05, 4.69) is 29.4 Å². The second-order valence-corrected chi connectivity index (χ2v) is 5.22. The number of likely N-dealkylation sites (N-methyl/N-ethyl adjacent to an activating group) is 1. The zero-order valence-electron chi connectivity index (χ0n) is 11.5. The highest BCUT2D eigenvalue weighted by Crippen LogP contribution is 2.02. The molecule has 0 saturated carbocycles. The largest absolute Gasteiger partial charge is 0.353 e. The first-order valence-electron chi connectivity index (χ1n) is 6.00. The Morgan fingerprint density at radius 3 is 2.12 bits per heavy atom. The Kier molecular flexibility index (Phi) is 7.34. The molecule has 0 heterocycles. The molecular formula is C12H27N3O. The Bertz CT molecular complexity index is 202. The van der Waals surface area contributed by atoms with Crippen LogP contribution in [0, 0.1) is 5.92 Å². The summed E-state index contributed by atoms with van der Waals surface area (Å²) in [5.41, 5.74) is 0. The monoisotopic (exact) mass is 229 g/mol. The average molecular weight is 229 g/mol. The first-order valence-corrected chi connectivity index (χ1v) is 6.00. The Hall–Kier alpha value is -0.610. The van der Waals surface area contributed by atoms with Gasteiger partial charge in [-0.05, 0) is 33.9 Å². The fourth-order valence-electron chi connectivity index (χ4n) is 1.50. The molecular weight excluding hydrogens is 202 g/mol. The van der Waals surface area contributed by atoms with Crippen LogP contribution in [0.5, 0.6) is 0 Å². The van der Waals surface area contributed by atoms with Gasteiger partial charge in [0.2, 0.25) is 5.91 Å². The molecule has 0 bridgehead atoms. The van der Waals surface area contributed by atoms with Crippen LogP contribution in [0.15, 0.2) is 0 Å². The highest BCUT2D eigenvalue weighted by atomic mass is 16.1. The molecule has 0 aromatic rings. The van der Waals surface area contributed by atoms with Crippen molar-refractivity contribution in [2.24, 2.45) is 5.92 Å². The summed E-state index contributed by atoms with van der Waals surface area (Å²) in [6.45, 7) is 9.62. The maximum Gasteiger partial charge on any atom is 0.234 e. The van der Waals surface area contributed by atoms with Crippen molar-refractivity contribution < 1.29 is 4.79 Å². The van der Waals surface area contributed by atoms with Crippen molar-refractivity contribution in [2.45, 2.75) is 39.8 Å². The molecule has 16 heavy (non-hydrogen) atoms. The Morgan fingerprint density at radius 1 is 1.19 bits per heavy atom. The number of carbonyl (C=O) groups is 1. The molecule has 0 radical (unpaired) electrons. The van der Waals surface area contributed by atoms with Gasteiger partial charge >= 0.3 is 0 Å². The number of carbonyl (C=O) groups excluding carboxylic acids is 1. The van der Waals surface area contributed by atoms with Gasteiger partial charge in [0, 0.05) is 18.6 Å². The molecule has 0 aliphatic rings. The van der Waals surface area contributed by atoms with Gasteiger partial charge in [-0.1, -0.05) is 13.8 Å². The van der Waals surface area contributed by atoms with Crippen molar-refractivity contribution in [3.63, 3.8) is 0 Å². The molecule has 1 atom stereocenters. The first kappa shape index (κ1) is 15.4. The van der Waals surface area contributed by atoms with Gasteiger partial charge in [0.1, 0.15) is 0 Å². The predicted molar refractivity (Wildman–Crippen MR) is 68.5 cm³/mol. The number of amides is 1. The van der Waals surface area contributed by atoms with Crippen molar-refractivity contribution in [3.05, 3.63) is 0 Å². The van der Waals surface area contributed by atoms with Crippen molar-refractivity contribution in [3.8, 4) is 0 Å². The molecule has 1 amide bonds. The number of nitrogens with zero attached hydrogens (tertiary/aromatic N) is 1. The van der Waals surface area contributed by atoms with Gasteiger partial charge in [-0.25, -0.2) is 0 Å². The van der Waals surface area contributed by atoms with Crippen LogP contribution < -0.4 is 10.6 Å². The van der Waals surface area contributed by atoms with Crippen LogP contribution >= 0.6 is 0 Å². The molecule has 0 rings (SSSR count). The summed E-state index contributed by atoms with van der Waals surface area (Å²) in [7, 11) is 4.09. The molecule has 0 aliphatic carbocycles. The van der Waals surface area contributed by atoms with E-state index in [-0.39, 0.29) is 11.9 Å². The van der Waals surface area contributed by atoms with E-state index in [1.54, 1.807) is 0 Å². The van der Waals surface area contributed by atoms with Crippen molar-refractivity contribution in [1.82, 2.24) is 15.5 Å². The minimum atomic E-state index is 0.0689. The van der Waals surface area contributed by atoms with E-state index < -0.39 is 0 Å². The average Bonchev–Trinajstić information content (AvgIpc) is 2.09. The molecule has 0 spiro atoms. The van der Waals surface area contributed by atoms with E-state index in [0.717, 1.165) is 6.54 Å². The minimum Gasteiger partial charge on any atom is -0.353 e. The number of hydrogen-bond donors (Lipinski definition) is 2. The van der Waals surface area contributed by atoms with Crippen LogP contribution in [0.4, 0.5) is 0 Å². The van der Waals surface area contributed by atoms with E-state index in [1.807, 2.05) is 27.9 Å². The van der Waals surface area contributed by atoms with Crippen LogP contribution in [-0.4, -0.2) is 50.1 Å². The summed E-state index contributed by atoms with van der Waals surface area (Å²) >= 11 is 0. The van der Waals surface area contributed by atoms with Crippen LogP contribution in [0.1, 0.15) is 27.7 Å². The molecule has 96 valence electrons. The van der Waals surface area contributed by atoms with E-state index in [9.17, 15) is 4.79 Å². The maximum atomic E-state index is 11.5. The fourth-order valence-corrected chi connectivity index (χ4v) is 1.50. The van der Waals surface area contributed by atoms with Crippen LogP contribution in [0.2, 0.25) is 0 Å². The van der Waals surface area contributed by atoms with Crippen molar-refractivity contribution in [2.75, 3.05) is 27.2 Å². The zero-order chi connectivity index (χ0) is 12.7. The van der Waals surface area contributed by atoms with Crippen LogP contribution in [0.25, 0.3) is 0 Å². The lowest BCUT2D eigenvalue weighted by Gasteiger charge is -2.25.